The molecule has 0 saturated heterocycles. The van der Waals surface area contributed by atoms with Gasteiger partial charge in [0, 0.05) is 11.1 Å². The van der Waals surface area contributed by atoms with Crippen LogP contribution in [-0.4, -0.2) is 11.8 Å². The molecule has 4 N–H and O–H groups in total. The quantitative estimate of drug-likeness (QED) is 0.777. The number of carbonyl (C=O) groups excluding carboxylic acids is 2. The zero-order valence-electron chi connectivity index (χ0n) is 11.7. The van der Waals surface area contributed by atoms with Gasteiger partial charge in [-0.05, 0) is 34.0 Å². The molecular weight excluding hydrogens is 276 g/mol. The van der Waals surface area contributed by atoms with Crippen molar-refractivity contribution >= 4 is 22.6 Å². The Bertz CT molecular complexity index is 895. The molecule has 0 aliphatic heterocycles. The molecule has 4 heteroatoms. The van der Waals surface area contributed by atoms with Gasteiger partial charge in [0.05, 0.1) is 0 Å². The summed E-state index contributed by atoms with van der Waals surface area (Å²) in [6, 6.07) is 18.5. The van der Waals surface area contributed by atoms with E-state index >= 15 is 0 Å². The SMILES string of the molecule is NC(=O)c1ccc(-c2cccc3ccccc23)c(C(N)=O)c1. The molecule has 0 aliphatic rings. The number of carbonyl (C=O) groups is 2. The number of primary amides is 2. The van der Waals surface area contributed by atoms with Crippen LogP contribution in [0.2, 0.25) is 0 Å². The van der Waals surface area contributed by atoms with E-state index in [1.54, 1.807) is 12.1 Å². The van der Waals surface area contributed by atoms with Crippen LogP contribution in [0.3, 0.4) is 0 Å². The molecule has 0 aliphatic carbocycles. The van der Waals surface area contributed by atoms with Crippen molar-refractivity contribution in [2.75, 3.05) is 0 Å². The lowest BCUT2D eigenvalue weighted by Crippen LogP contribution is -2.16. The van der Waals surface area contributed by atoms with E-state index in [2.05, 4.69) is 0 Å². The molecule has 4 nitrogen and oxygen atoms in total. The van der Waals surface area contributed by atoms with Crippen molar-refractivity contribution in [3.8, 4) is 11.1 Å². The summed E-state index contributed by atoms with van der Waals surface area (Å²) in [5.74, 6) is -1.18. The van der Waals surface area contributed by atoms with Crippen molar-refractivity contribution in [2.45, 2.75) is 0 Å². The molecule has 3 rings (SSSR count). The maximum Gasteiger partial charge on any atom is 0.249 e. The van der Waals surface area contributed by atoms with E-state index in [1.807, 2.05) is 42.5 Å². The Hall–Kier alpha value is -3.14. The van der Waals surface area contributed by atoms with Crippen LogP contribution in [0.25, 0.3) is 21.9 Å². The van der Waals surface area contributed by atoms with Crippen molar-refractivity contribution in [1.29, 1.82) is 0 Å². The fourth-order valence-corrected chi connectivity index (χ4v) is 2.60. The number of hydrogen-bond acceptors (Lipinski definition) is 2. The second-order valence-electron chi connectivity index (χ2n) is 5.02. The minimum atomic E-state index is -0.592. The van der Waals surface area contributed by atoms with Crippen molar-refractivity contribution in [2.24, 2.45) is 11.5 Å². The van der Waals surface area contributed by atoms with E-state index in [4.69, 9.17) is 11.5 Å². The maximum absolute atomic E-state index is 11.8. The van der Waals surface area contributed by atoms with Gasteiger partial charge >= 0.3 is 0 Å². The molecule has 22 heavy (non-hydrogen) atoms. The molecule has 0 spiro atoms. The third-order valence-corrected chi connectivity index (χ3v) is 3.65. The van der Waals surface area contributed by atoms with Crippen LogP contribution in [0.5, 0.6) is 0 Å². The number of benzene rings is 3. The molecule has 0 fully saturated rings. The Balaban J connectivity index is 2.31. The molecule has 2 amide bonds. The number of amides is 2. The van der Waals surface area contributed by atoms with E-state index in [-0.39, 0.29) is 11.1 Å². The van der Waals surface area contributed by atoms with Crippen LogP contribution in [0, 0.1) is 0 Å². The lowest BCUT2D eigenvalue weighted by Gasteiger charge is -2.11. The Kier molecular flexibility index (Phi) is 3.35. The number of nitrogens with two attached hydrogens (primary N) is 2. The first-order valence-corrected chi connectivity index (χ1v) is 6.79. The maximum atomic E-state index is 11.8. The number of hydrogen-bond donors (Lipinski definition) is 2. The first-order valence-electron chi connectivity index (χ1n) is 6.79. The Morgan fingerprint density at radius 1 is 0.727 bits per heavy atom. The molecule has 0 aromatic heterocycles. The topological polar surface area (TPSA) is 86.2 Å². The Morgan fingerprint density at radius 3 is 2.18 bits per heavy atom. The lowest BCUT2D eigenvalue weighted by molar-refractivity contribution is 0.0999. The largest absolute Gasteiger partial charge is 0.366 e. The van der Waals surface area contributed by atoms with Crippen molar-refractivity contribution < 1.29 is 9.59 Å². The molecular formula is C18H14N2O2. The number of fused-ring (bicyclic) bond motifs is 1. The predicted molar refractivity (Wildman–Crippen MR) is 86.4 cm³/mol. The average molecular weight is 290 g/mol. The Morgan fingerprint density at radius 2 is 1.45 bits per heavy atom. The zero-order chi connectivity index (χ0) is 15.7. The summed E-state index contributed by atoms with van der Waals surface area (Å²) in [4.78, 5) is 23.1. The third-order valence-electron chi connectivity index (χ3n) is 3.65. The van der Waals surface area contributed by atoms with Crippen LogP contribution in [0.15, 0.2) is 60.7 Å². The molecule has 0 atom stereocenters. The predicted octanol–water partition coefficient (Wildman–Crippen LogP) is 2.70. The first kappa shape index (κ1) is 13.8. The van der Waals surface area contributed by atoms with Crippen molar-refractivity contribution in [3.05, 3.63) is 71.8 Å². The van der Waals surface area contributed by atoms with Crippen molar-refractivity contribution in [1.82, 2.24) is 0 Å². The van der Waals surface area contributed by atoms with Gasteiger partial charge in [0.25, 0.3) is 0 Å². The zero-order valence-corrected chi connectivity index (χ0v) is 11.7. The van der Waals surface area contributed by atoms with Crippen LogP contribution < -0.4 is 11.5 Å². The van der Waals surface area contributed by atoms with Gasteiger partial charge in [-0.1, -0.05) is 48.5 Å². The van der Waals surface area contributed by atoms with Crippen LogP contribution in [0.4, 0.5) is 0 Å². The summed E-state index contributed by atoms with van der Waals surface area (Å²) in [6.07, 6.45) is 0. The van der Waals surface area contributed by atoms with E-state index in [0.717, 1.165) is 16.3 Å². The summed E-state index contributed by atoms with van der Waals surface area (Å²) >= 11 is 0. The van der Waals surface area contributed by atoms with Crippen LogP contribution in [-0.2, 0) is 0 Å². The molecule has 3 aromatic carbocycles. The van der Waals surface area contributed by atoms with E-state index in [9.17, 15) is 9.59 Å². The van der Waals surface area contributed by atoms with Gasteiger partial charge in [-0.2, -0.15) is 0 Å². The highest BCUT2D eigenvalue weighted by Gasteiger charge is 2.14. The van der Waals surface area contributed by atoms with Gasteiger partial charge in [0.1, 0.15) is 0 Å². The van der Waals surface area contributed by atoms with Gasteiger partial charge in [0.2, 0.25) is 11.8 Å². The van der Waals surface area contributed by atoms with Gasteiger partial charge in [-0.3, -0.25) is 9.59 Å². The van der Waals surface area contributed by atoms with Gasteiger partial charge < -0.3 is 11.5 Å². The molecule has 0 radical (unpaired) electrons. The minimum Gasteiger partial charge on any atom is -0.366 e. The smallest absolute Gasteiger partial charge is 0.249 e. The molecule has 108 valence electrons. The minimum absolute atomic E-state index is 0.262. The van der Waals surface area contributed by atoms with E-state index < -0.39 is 11.8 Å². The monoisotopic (exact) mass is 290 g/mol. The molecule has 0 heterocycles. The highest BCUT2D eigenvalue weighted by atomic mass is 16.1. The fourth-order valence-electron chi connectivity index (χ4n) is 2.60. The highest BCUT2D eigenvalue weighted by molar-refractivity contribution is 6.07. The summed E-state index contributed by atoms with van der Waals surface area (Å²) in [7, 11) is 0. The standard InChI is InChI=1S/C18H14N2O2/c19-17(21)12-8-9-15(16(10-12)18(20)22)14-7-3-5-11-4-1-2-6-13(11)14/h1-10H,(H2,19,21)(H2,20,22). The Labute approximate surface area is 127 Å². The van der Waals surface area contributed by atoms with Crippen molar-refractivity contribution in [3.63, 3.8) is 0 Å². The van der Waals surface area contributed by atoms with Gasteiger partial charge in [0.15, 0.2) is 0 Å². The van der Waals surface area contributed by atoms with Crippen LogP contribution in [0.1, 0.15) is 20.7 Å². The third kappa shape index (κ3) is 2.31. The second-order valence-corrected chi connectivity index (χ2v) is 5.02. The van der Waals surface area contributed by atoms with Gasteiger partial charge in [-0.15, -0.1) is 0 Å². The second kappa shape index (κ2) is 5.33. The molecule has 3 aromatic rings. The molecule has 0 saturated carbocycles. The normalized spacial score (nSPS) is 10.5. The fraction of sp³-hybridized carbons (Fsp3) is 0. The first-order chi connectivity index (χ1) is 10.6. The summed E-state index contributed by atoms with van der Waals surface area (Å²) < 4.78 is 0. The summed E-state index contributed by atoms with van der Waals surface area (Å²) in [5.41, 5.74) is 12.9. The van der Waals surface area contributed by atoms with E-state index in [1.165, 1.54) is 6.07 Å². The number of rotatable bonds is 3. The lowest BCUT2D eigenvalue weighted by atomic mass is 9.93. The summed E-state index contributed by atoms with van der Waals surface area (Å²) in [6.45, 7) is 0. The summed E-state index contributed by atoms with van der Waals surface area (Å²) in [5, 5.41) is 2.08. The van der Waals surface area contributed by atoms with Gasteiger partial charge in [-0.25, -0.2) is 0 Å². The van der Waals surface area contributed by atoms with Crippen LogP contribution >= 0.6 is 0 Å². The average Bonchev–Trinajstić information content (AvgIpc) is 2.53. The highest BCUT2D eigenvalue weighted by Crippen LogP contribution is 2.31. The molecule has 0 unspecified atom stereocenters. The van der Waals surface area contributed by atoms with E-state index in [0.29, 0.717) is 5.56 Å². The molecule has 0 bridgehead atoms.